The van der Waals surface area contributed by atoms with Crippen molar-refractivity contribution in [2.45, 2.75) is 33.3 Å². The van der Waals surface area contributed by atoms with Crippen LogP contribution in [0.3, 0.4) is 0 Å². The first-order valence-electron chi connectivity index (χ1n) is 11.7. The number of piperazine rings is 1. The van der Waals surface area contributed by atoms with Gasteiger partial charge in [-0.2, -0.15) is 0 Å². The van der Waals surface area contributed by atoms with Gasteiger partial charge < -0.3 is 14.5 Å². The molecule has 1 amide bonds. The highest BCUT2D eigenvalue weighted by atomic mass is 35.5. The van der Waals surface area contributed by atoms with Gasteiger partial charge in [0.25, 0.3) is 0 Å². The van der Waals surface area contributed by atoms with Gasteiger partial charge in [0.05, 0.1) is 16.7 Å². The van der Waals surface area contributed by atoms with Crippen LogP contribution in [-0.4, -0.2) is 57.7 Å². The Bertz CT molecular complexity index is 1420. The molecule has 8 heteroatoms. The Kier molecular flexibility index (Phi) is 5.97. The topological polar surface area (TPSA) is 71.5 Å². The molecule has 0 atom stereocenters. The zero-order valence-electron chi connectivity index (χ0n) is 20.4. The van der Waals surface area contributed by atoms with Crippen molar-refractivity contribution in [3.8, 4) is 11.1 Å². The molecular weight excluding hydrogens is 462 g/mol. The second kappa shape index (κ2) is 8.96. The Morgan fingerprint density at radius 2 is 1.80 bits per heavy atom. The maximum atomic E-state index is 12.5. The van der Waals surface area contributed by atoms with Gasteiger partial charge >= 0.3 is 6.09 Å². The van der Waals surface area contributed by atoms with E-state index in [0.717, 1.165) is 44.2 Å². The number of nitrogens with zero attached hydrogens (tertiary/aromatic N) is 5. The van der Waals surface area contributed by atoms with Gasteiger partial charge in [-0.15, -0.1) is 0 Å². The summed E-state index contributed by atoms with van der Waals surface area (Å²) in [6.07, 6.45) is 5.00. The molecule has 1 saturated heterocycles. The summed E-state index contributed by atoms with van der Waals surface area (Å²) < 4.78 is 5.55. The van der Waals surface area contributed by atoms with E-state index in [1.807, 2.05) is 57.3 Å². The summed E-state index contributed by atoms with van der Waals surface area (Å²) in [4.78, 5) is 29.9. The zero-order chi connectivity index (χ0) is 24.7. The maximum absolute atomic E-state index is 12.5. The molecule has 3 heterocycles. The van der Waals surface area contributed by atoms with Crippen LogP contribution in [-0.2, 0) is 4.74 Å². The number of carbonyl (C=O) groups excluding carboxylic acids is 1. The van der Waals surface area contributed by atoms with E-state index < -0.39 is 5.60 Å². The summed E-state index contributed by atoms with van der Waals surface area (Å²) in [5.41, 5.74) is 5.24. The summed E-state index contributed by atoms with van der Waals surface area (Å²) in [6.45, 7) is 10.3. The lowest BCUT2D eigenvalue weighted by molar-refractivity contribution is 0.0240. The Morgan fingerprint density at radius 3 is 2.54 bits per heavy atom. The zero-order valence-corrected chi connectivity index (χ0v) is 21.1. The van der Waals surface area contributed by atoms with Gasteiger partial charge in [0.15, 0.2) is 0 Å². The molecule has 0 spiro atoms. The van der Waals surface area contributed by atoms with Gasteiger partial charge in [-0.1, -0.05) is 29.8 Å². The predicted octanol–water partition coefficient (Wildman–Crippen LogP) is 5.86. The molecule has 5 rings (SSSR count). The van der Waals surface area contributed by atoms with Crippen LogP contribution < -0.4 is 4.90 Å². The number of rotatable bonds is 2. The smallest absolute Gasteiger partial charge is 0.410 e. The number of benzene rings is 2. The largest absolute Gasteiger partial charge is 0.444 e. The molecule has 180 valence electrons. The Morgan fingerprint density at radius 1 is 1.03 bits per heavy atom. The first kappa shape index (κ1) is 23.3. The fraction of sp³-hybridized carbons (Fsp3) is 0.333. The van der Waals surface area contributed by atoms with Crippen molar-refractivity contribution in [3.63, 3.8) is 0 Å². The molecule has 0 radical (unpaired) electrons. The molecule has 0 unspecified atom stereocenters. The van der Waals surface area contributed by atoms with Crippen molar-refractivity contribution >= 4 is 45.2 Å². The van der Waals surface area contributed by atoms with Gasteiger partial charge in [0, 0.05) is 65.5 Å². The van der Waals surface area contributed by atoms with E-state index in [9.17, 15) is 4.79 Å². The predicted molar refractivity (Wildman–Crippen MR) is 140 cm³/mol. The molecule has 2 aromatic carbocycles. The minimum absolute atomic E-state index is 0.264. The highest BCUT2D eigenvalue weighted by Crippen LogP contribution is 2.38. The fourth-order valence-corrected chi connectivity index (χ4v) is 4.86. The number of para-hydroxylation sites is 1. The van der Waals surface area contributed by atoms with Crippen LogP contribution in [0.5, 0.6) is 0 Å². The quantitative estimate of drug-likeness (QED) is 0.351. The van der Waals surface area contributed by atoms with E-state index in [-0.39, 0.29) is 6.09 Å². The number of hydrogen-bond acceptors (Lipinski definition) is 6. The maximum Gasteiger partial charge on any atom is 0.410 e. The molecular formula is C27H28ClN5O2. The number of halogens is 1. The molecule has 0 aliphatic carbocycles. The van der Waals surface area contributed by atoms with Gasteiger partial charge in [-0.25, -0.2) is 14.8 Å². The van der Waals surface area contributed by atoms with Crippen molar-refractivity contribution in [1.29, 1.82) is 0 Å². The third-order valence-corrected chi connectivity index (χ3v) is 6.50. The first-order valence-corrected chi connectivity index (χ1v) is 12.1. The Hall–Kier alpha value is -3.45. The third kappa shape index (κ3) is 4.60. The third-order valence-electron chi connectivity index (χ3n) is 6.18. The summed E-state index contributed by atoms with van der Waals surface area (Å²) >= 11 is 6.87. The van der Waals surface area contributed by atoms with E-state index in [4.69, 9.17) is 21.3 Å². The molecule has 0 saturated carbocycles. The number of amides is 1. The van der Waals surface area contributed by atoms with Gasteiger partial charge in [0.2, 0.25) is 0 Å². The van der Waals surface area contributed by atoms with E-state index in [1.54, 1.807) is 17.4 Å². The Balaban J connectivity index is 1.49. The van der Waals surface area contributed by atoms with E-state index in [1.165, 1.54) is 0 Å². The SMILES string of the molecule is Cc1cnc2cc(-c3cccc4cncnc34)c(Cl)cc2c1N1CCN(C(=O)OC(C)(C)C)CC1. The van der Waals surface area contributed by atoms with Crippen LogP contribution in [0.2, 0.25) is 5.02 Å². The molecule has 7 nitrogen and oxygen atoms in total. The number of fused-ring (bicyclic) bond motifs is 2. The van der Waals surface area contributed by atoms with E-state index in [0.29, 0.717) is 31.2 Å². The first-order chi connectivity index (χ1) is 16.7. The number of pyridine rings is 1. The Labute approximate surface area is 209 Å². The lowest BCUT2D eigenvalue weighted by Crippen LogP contribution is -2.50. The second-order valence-electron chi connectivity index (χ2n) is 9.86. The monoisotopic (exact) mass is 489 g/mol. The second-order valence-corrected chi connectivity index (χ2v) is 10.3. The van der Waals surface area contributed by atoms with Crippen LogP contribution in [0.15, 0.2) is 49.1 Å². The summed E-state index contributed by atoms with van der Waals surface area (Å²) in [7, 11) is 0. The summed E-state index contributed by atoms with van der Waals surface area (Å²) in [6, 6.07) is 10.0. The van der Waals surface area contributed by atoms with E-state index >= 15 is 0 Å². The molecule has 1 aliphatic rings. The summed E-state index contributed by atoms with van der Waals surface area (Å²) in [5.74, 6) is 0. The lowest BCUT2D eigenvalue weighted by Gasteiger charge is -2.37. The standard InChI is InChI=1S/C27H28ClN5O2/c1-17-14-30-23-13-20(19-7-5-6-18-15-29-16-31-24(18)19)22(28)12-21(23)25(17)32-8-10-33(11-9-32)26(34)35-27(2,3)4/h5-7,12-16H,8-11H2,1-4H3. The van der Waals surface area contributed by atoms with Crippen LogP contribution in [0, 0.1) is 6.92 Å². The minimum Gasteiger partial charge on any atom is -0.444 e. The highest BCUT2D eigenvalue weighted by molar-refractivity contribution is 6.34. The molecule has 1 aliphatic heterocycles. The van der Waals surface area contributed by atoms with Crippen LogP contribution in [0.25, 0.3) is 32.9 Å². The molecule has 0 N–H and O–H groups in total. The highest BCUT2D eigenvalue weighted by Gasteiger charge is 2.27. The number of hydrogen-bond donors (Lipinski definition) is 0. The molecule has 35 heavy (non-hydrogen) atoms. The number of aromatic nitrogens is 3. The lowest BCUT2D eigenvalue weighted by atomic mass is 9.99. The van der Waals surface area contributed by atoms with Crippen LogP contribution >= 0.6 is 11.6 Å². The van der Waals surface area contributed by atoms with Crippen LogP contribution in [0.4, 0.5) is 10.5 Å². The van der Waals surface area contributed by atoms with E-state index in [2.05, 4.69) is 21.8 Å². The van der Waals surface area contributed by atoms with Crippen molar-refractivity contribution < 1.29 is 9.53 Å². The van der Waals surface area contributed by atoms with Gasteiger partial charge in [-0.05, 0) is 45.4 Å². The molecule has 2 aromatic heterocycles. The molecule has 1 fully saturated rings. The molecule has 0 bridgehead atoms. The minimum atomic E-state index is -0.503. The molecule has 4 aromatic rings. The average Bonchev–Trinajstić information content (AvgIpc) is 2.82. The van der Waals surface area contributed by atoms with Crippen molar-refractivity contribution in [3.05, 3.63) is 59.6 Å². The van der Waals surface area contributed by atoms with Crippen molar-refractivity contribution in [2.24, 2.45) is 0 Å². The summed E-state index contributed by atoms with van der Waals surface area (Å²) in [5, 5.41) is 2.60. The van der Waals surface area contributed by atoms with Crippen molar-refractivity contribution in [2.75, 3.05) is 31.1 Å². The number of aryl methyl sites for hydroxylation is 1. The average molecular weight is 490 g/mol. The number of ether oxygens (including phenoxy) is 1. The van der Waals surface area contributed by atoms with Crippen LogP contribution in [0.1, 0.15) is 26.3 Å². The fourth-order valence-electron chi connectivity index (χ4n) is 4.60. The number of carbonyl (C=O) groups is 1. The van der Waals surface area contributed by atoms with Crippen molar-refractivity contribution in [1.82, 2.24) is 19.9 Å². The number of anilines is 1. The van der Waals surface area contributed by atoms with Gasteiger partial charge in [-0.3, -0.25) is 4.98 Å². The normalized spacial score (nSPS) is 14.5. The van der Waals surface area contributed by atoms with Gasteiger partial charge in [0.1, 0.15) is 11.9 Å².